The van der Waals surface area contributed by atoms with Gasteiger partial charge in [-0.15, -0.1) is 5.10 Å². The third-order valence-electron chi connectivity index (χ3n) is 5.70. The lowest BCUT2D eigenvalue weighted by Gasteiger charge is -2.17. The molecular weight excluding hydrogens is 437 g/mol. The molecule has 1 fully saturated rings. The van der Waals surface area contributed by atoms with Gasteiger partial charge in [-0.2, -0.15) is 22.8 Å². The Morgan fingerprint density at radius 2 is 2.00 bits per heavy atom. The highest BCUT2D eigenvalue weighted by Crippen LogP contribution is 2.36. The quantitative estimate of drug-likeness (QED) is 0.489. The van der Waals surface area contributed by atoms with Gasteiger partial charge in [0.05, 0.1) is 22.3 Å². The summed E-state index contributed by atoms with van der Waals surface area (Å²) in [5, 5.41) is 14.9. The zero-order valence-electron chi connectivity index (χ0n) is 17.9. The van der Waals surface area contributed by atoms with Gasteiger partial charge in [0.1, 0.15) is 6.04 Å². The van der Waals surface area contributed by atoms with E-state index in [0.29, 0.717) is 30.0 Å². The van der Waals surface area contributed by atoms with Gasteiger partial charge in [-0.3, -0.25) is 9.48 Å². The van der Waals surface area contributed by atoms with Crippen molar-refractivity contribution in [2.24, 2.45) is 7.05 Å². The Bertz CT molecular complexity index is 1370. The molecule has 0 bridgehead atoms. The van der Waals surface area contributed by atoms with Gasteiger partial charge >= 0.3 is 6.18 Å². The van der Waals surface area contributed by atoms with Gasteiger partial charge in [0.2, 0.25) is 11.9 Å². The average Bonchev–Trinajstić information content (AvgIpc) is 3.28. The van der Waals surface area contributed by atoms with Crippen molar-refractivity contribution in [3.05, 3.63) is 35.7 Å². The number of alkyl halides is 3. The summed E-state index contributed by atoms with van der Waals surface area (Å²) in [7, 11) is 1.76. The van der Waals surface area contributed by atoms with Crippen LogP contribution in [0.25, 0.3) is 27.9 Å². The fourth-order valence-corrected chi connectivity index (χ4v) is 4.12. The van der Waals surface area contributed by atoms with Gasteiger partial charge in [0, 0.05) is 25.2 Å². The number of benzene rings is 1. The normalized spacial score (nSPS) is 17.4. The molecule has 1 saturated heterocycles. The monoisotopic (exact) mass is 458 g/mol. The Kier molecular flexibility index (Phi) is 4.94. The second-order valence-corrected chi connectivity index (χ2v) is 8.09. The molecule has 172 valence electrons. The summed E-state index contributed by atoms with van der Waals surface area (Å²) < 4.78 is 44.3. The Hall–Kier alpha value is -3.70. The zero-order valence-corrected chi connectivity index (χ0v) is 17.9. The molecule has 2 N–H and O–H groups in total. The largest absolute Gasteiger partial charge is 0.418 e. The Morgan fingerprint density at radius 1 is 1.18 bits per heavy atom. The van der Waals surface area contributed by atoms with Gasteiger partial charge in [0.15, 0.2) is 11.5 Å². The summed E-state index contributed by atoms with van der Waals surface area (Å²) in [6.45, 7) is 2.36. The first kappa shape index (κ1) is 21.2. The van der Waals surface area contributed by atoms with E-state index >= 15 is 0 Å². The van der Waals surface area contributed by atoms with Crippen molar-refractivity contribution in [1.29, 1.82) is 0 Å². The van der Waals surface area contributed by atoms with Gasteiger partial charge < -0.3 is 10.6 Å². The van der Waals surface area contributed by atoms with Crippen LogP contribution in [0.5, 0.6) is 0 Å². The molecular formula is C21H21F3N8O. The highest BCUT2D eigenvalue weighted by molar-refractivity contribution is 5.95. The zero-order chi connectivity index (χ0) is 23.3. The van der Waals surface area contributed by atoms with Crippen molar-refractivity contribution in [1.82, 2.24) is 34.7 Å². The summed E-state index contributed by atoms with van der Waals surface area (Å²) in [4.78, 5) is 21.3. The number of aryl methyl sites for hydroxylation is 2. The van der Waals surface area contributed by atoms with Crippen molar-refractivity contribution >= 4 is 28.4 Å². The van der Waals surface area contributed by atoms with E-state index in [-0.39, 0.29) is 28.4 Å². The minimum atomic E-state index is -4.61. The lowest BCUT2D eigenvalue weighted by atomic mass is 10.1. The van der Waals surface area contributed by atoms with Crippen LogP contribution in [0.2, 0.25) is 0 Å². The Labute approximate surface area is 186 Å². The van der Waals surface area contributed by atoms with Crippen LogP contribution in [0.15, 0.2) is 24.4 Å². The van der Waals surface area contributed by atoms with Crippen LogP contribution in [-0.2, 0) is 18.0 Å². The number of carbonyl (C=O) groups excluding carboxylic acids is 1. The third kappa shape index (κ3) is 3.74. The van der Waals surface area contributed by atoms with Gasteiger partial charge in [-0.1, -0.05) is 6.07 Å². The molecule has 12 heteroatoms. The molecule has 33 heavy (non-hydrogen) atoms. The number of amides is 1. The van der Waals surface area contributed by atoms with E-state index in [1.807, 2.05) is 0 Å². The van der Waals surface area contributed by atoms with E-state index in [1.54, 1.807) is 24.9 Å². The fraction of sp³-hybridized carbons (Fsp3) is 0.381. The van der Waals surface area contributed by atoms with E-state index in [4.69, 9.17) is 0 Å². The molecule has 5 rings (SSSR count). The summed E-state index contributed by atoms with van der Waals surface area (Å²) >= 11 is 0. The number of anilines is 1. The van der Waals surface area contributed by atoms with E-state index in [0.717, 1.165) is 18.9 Å². The number of nitrogens with one attached hydrogen (secondary N) is 2. The summed E-state index contributed by atoms with van der Waals surface area (Å²) in [5.74, 6) is 0.104. The molecule has 9 nitrogen and oxygen atoms in total. The second-order valence-electron chi connectivity index (χ2n) is 8.09. The van der Waals surface area contributed by atoms with Crippen LogP contribution >= 0.6 is 0 Å². The molecule has 4 heterocycles. The Morgan fingerprint density at radius 3 is 2.73 bits per heavy atom. The molecule has 1 aliphatic heterocycles. The predicted molar refractivity (Wildman–Crippen MR) is 115 cm³/mol. The van der Waals surface area contributed by atoms with Gasteiger partial charge in [0.25, 0.3) is 0 Å². The second kappa shape index (κ2) is 7.71. The molecule has 3 aromatic heterocycles. The molecule has 0 saturated carbocycles. The topological polar surface area (TPSA) is 102 Å². The number of fused-ring (bicyclic) bond motifs is 3. The average molecular weight is 458 g/mol. The fourth-order valence-electron chi connectivity index (χ4n) is 4.12. The molecule has 0 radical (unpaired) electrons. The summed E-state index contributed by atoms with van der Waals surface area (Å²) in [6.07, 6.45) is -0.719. The first-order valence-corrected chi connectivity index (χ1v) is 10.5. The minimum Gasteiger partial charge on any atom is -0.354 e. The Balaban J connectivity index is 1.75. The number of aromatic nitrogens is 6. The number of carbonyl (C=O) groups is 1. The number of para-hydroxylation sites is 1. The summed E-state index contributed by atoms with van der Waals surface area (Å²) in [5.41, 5.74) is 0.411. The molecule has 0 spiro atoms. The van der Waals surface area contributed by atoms with Crippen molar-refractivity contribution < 1.29 is 18.0 Å². The van der Waals surface area contributed by atoms with Gasteiger partial charge in [-0.25, -0.2) is 9.97 Å². The van der Waals surface area contributed by atoms with Crippen LogP contribution in [0.1, 0.15) is 30.5 Å². The van der Waals surface area contributed by atoms with Crippen molar-refractivity contribution in [3.8, 4) is 11.4 Å². The van der Waals surface area contributed by atoms with E-state index in [9.17, 15) is 18.0 Å². The maximum Gasteiger partial charge on any atom is 0.418 e. The molecule has 4 aromatic rings. The van der Waals surface area contributed by atoms with E-state index < -0.39 is 17.8 Å². The number of halogens is 3. The van der Waals surface area contributed by atoms with Crippen LogP contribution in [0.3, 0.4) is 0 Å². The van der Waals surface area contributed by atoms with Crippen molar-refractivity contribution in [2.75, 3.05) is 11.9 Å². The van der Waals surface area contributed by atoms with Crippen LogP contribution in [0, 0.1) is 6.92 Å². The summed E-state index contributed by atoms with van der Waals surface area (Å²) in [6, 6.07) is 3.19. The van der Waals surface area contributed by atoms with E-state index in [1.165, 1.54) is 16.6 Å². The molecule has 0 aliphatic carbocycles. The number of hydrogen-bond donors (Lipinski definition) is 2. The SMILES string of the molecule is Cc1nn(C)cc1-c1nc2c3cccc(C(F)(F)F)c3nc(N[C@@H]3CCCCNC3=O)n2n1. The van der Waals surface area contributed by atoms with Crippen LogP contribution < -0.4 is 10.6 Å². The predicted octanol–water partition coefficient (Wildman–Crippen LogP) is 3.09. The highest BCUT2D eigenvalue weighted by atomic mass is 19.4. The first-order chi connectivity index (χ1) is 15.7. The van der Waals surface area contributed by atoms with Crippen molar-refractivity contribution in [3.63, 3.8) is 0 Å². The number of hydrogen-bond acceptors (Lipinski definition) is 6. The first-order valence-electron chi connectivity index (χ1n) is 10.5. The molecule has 1 atom stereocenters. The van der Waals surface area contributed by atoms with Crippen molar-refractivity contribution in [2.45, 2.75) is 38.4 Å². The molecule has 1 amide bonds. The standard InChI is InChI=1S/C21H21F3N8O/c1-11-13(10-31(2)29-11)17-28-18-12-6-5-7-14(21(22,23)24)16(12)27-20(32(18)30-17)26-15-8-3-4-9-25-19(15)33/h5-7,10,15H,3-4,8-9H2,1-2H3,(H,25,33)(H,26,27)/t15-/m1/s1. The third-order valence-corrected chi connectivity index (χ3v) is 5.70. The number of rotatable bonds is 3. The highest BCUT2D eigenvalue weighted by Gasteiger charge is 2.34. The maximum atomic E-state index is 13.8. The minimum absolute atomic E-state index is 0.0246. The molecule has 0 unspecified atom stereocenters. The van der Waals surface area contributed by atoms with Crippen LogP contribution in [0.4, 0.5) is 19.1 Å². The lowest BCUT2D eigenvalue weighted by molar-refractivity contribution is -0.136. The molecule has 1 aromatic carbocycles. The van der Waals surface area contributed by atoms with Gasteiger partial charge in [-0.05, 0) is 38.3 Å². The lowest BCUT2D eigenvalue weighted by Crippen LogP contribution is -2.38. The molecule has 1 aliphatic rings. The van der Waals surface area contributed by atoms with E-state index in [2.05, 4.69) is 30.8 Å². The maximum absolute atomic E-state index is 13.8. The number of nitrogens with zero attached hydrogens (tertiary/aromatic N) is 6. The smallest absolute Gasteiger partial charge is 0.354 e. The van der Waals surface area contributed by atoms with Crippen LogP contribution in [-0.4, -0.2) is 47.9 Å².